The van der Waals surface area contributed by atoms with E-state index in [1.54, 1.807) is 0 Å². The van der Waals surface area contributed by atoms with E-state index in [1.165, 1.54) is 19.3 Å². The number of aliphatic hydroxyl groups is 1. The summed E-state index contributed by atoms with van der Waals surface area (Å²) < 4.78 is 5.59. The van der Waals surface area contributed by atoms with Gasteiger partial charge in [-0.15, -0.1) is 0 Å². The van der Waals surface area contributed by atoms with Gasteiger partial charge in [0, 0.05) is 0 Å². The lowest BCUT2D eigenvalue weighted by atomic mass is 9.99. The Hall–Kier alpha value is -0.860. The summed E-state index contributed by atoms with van der Waals surface area (Å²) in [5, 5.41) is 10.2. The Kier molecular flexibility index (Phi) is 6.99. The Balaban J connectivity index is 2.16. The van der Waals surface area contributed by atoms with Crippen molar-refractivity contribution in [3.05, 3.63) is 35.9 Å². The lowest BCUT2D eigenvalue weighted by Crippen LogP contribution is -2.30. The Morgan fingerprint density at radius 1 is 1.11 bits per heavy atom. The van der Waals surface area contributed by atoms with Crippen molar-refractivity contribution < 1.29 is 9.84 Å². The van der Waals surface area contributed by atoms with E-state index in [-0.39, 0.29) is 0 Å². The summed E-state index contributed by atoms with van der Waals surface area (Å²) in [6, 6.07) is 10.1. The number of unbranched alkanes of at least 4 members (excludes halogenated alkanes) is 3. The molecule has 0 aliphatic carbocycles. The highest BCUT2D eigenvalue weighted by Crippen LogP contribution is 2.16. The van der Waals surface area contributed by atoms with Gasteiger partial charge < -0.3 is 9.84 Å². The van der Waals surface area contributed by atoms with Crippen molar-refractivity contribution in [3.63, 3.8) is 0 Å². The Bertz CT molecular complexity index is 306. The molecule has 102 valence electrons. The number of hydrogen-bond acceptors (Lipinski definition) is 2. The molecular formula is C16H26O2. The third-order valence-electron chi connectivity index (χ3n) is 3.09. The van der Waals surface area contributed by atoms with Crippen molar-refractivity contribution in [2.45, 2.75) is 58.2 Å². The van der Waals surface area contributed by atoms with Gasteiger partial charge in [-0.2, -0.15) is 0 Å². The standard InChI is InChI=1S/C16H26O2/c1-3-4-5-9-12-16(2,17)14-18-13-15-10-7-6-8-11-15/h6-8,10-11,17H,3-5,9,12-14H2,1-2H3. The molecule has 0 saturated carbocycles. The fourth-order valence-electron chi connectivity index (χ4n) is 1.97. The van der Waals surface area contributed by atoms with Gasteiger partial charge in [-0.1, -0.05) is 62.9 Å². The van der Waals surface area contributed by atoms with Crippen LogP contribution in [0.15, 0.2) is 30.3 Å². The first-order chi connectivity index (χ1) is 8.64. The van der Waals surface area contributed by atoms with Crippen LogP contribution in [0.1, 0.15) is 51.5 Å². The van der Waals surface area contributed by atoms with Crippen molar-refractivity contribution in [3.8, 4) is 0 Å². The second-order valence-corrected chi connectivity index (χ2v) is 5.29. The van der Waals surface area contributed by atoms with Crippen molar-refractivity contribution in [1.29, 1.82) is 0 Å². The van der Waals surface area contributed by atoms with Crippen molar-refractivity contribution in [2.75, 3.05) is 6.61 Å². The van der Waals surface area contributed by atoms with Crippen molar-refractivity contribution in [2.24, 2.45) is 0 Å². The number of benzene rings is 1. The van der Waals surface area contributed by atoms with Gasteiger partial charge in [0.25, 0.3) is 0 Å². The lowest BCUT2D eigenvalue weighted by molar-refractivity contribution is -0.0456. The summed E-state index contributed by atoms with van der Waals surface area (Å²) in [6.07, 6.45) is 5.58. The fourth-order valence-corrected chi connectivity index (χ4v) is 1.97. The summed E-state index contributed by atoms with van der Waals surface area (Å²) in [4.78, 5) is 0. The lowest BCUT2D eigenvalue weighted by Gasteiger charge is -2.23. The van der Waals surface area contributed by atoms with Gasteiger partial charge in [-0.05, 0) is 18.9 Å². The second kappa shape index (κ2) is 8.28. The van der Waals surface area contributed by atoms with E-state index in [2.05, 4.69) is 6.92 Å². The predicted octanol–water partition coefficient (Wildman–Crippen LogP) is 3.92. The van der Waals surface area contributed by atoms with Gasteiger partial charge in [0.05, 0.1) is 18.8 Å². The van der Waals surface area contributed by atoms with Gasteiger partial charge in [0.2, 0.25) is 0 Å². The van der Waals surface area contributed by atoms with Crippen LogP contribution in [0.5, 0.6) is 0 Å². The molecule has 0 radical (unpaired) electrons. The molecule has 0 saturated heterocycles. The van der Waals surface area contributed by atoms with E-state index in [0.29, 0.717) is 13.2 Å². The zero-order chi connectivity index (χ0) is 13.3. The van der Waals surface area contributed by atoms with E-state index in [0.717, 1.165) is 18.4 Å². The minimum atomic E-state index is -0.692. The molecule has 0 bridgehead atoms. The molecule has 0 aliphatic heterocycles. The maximum Gasteiger partial charge on any atom is 0.0852 e. The van der Waals surface area contributed by atoms with Gasteiger partial charge in [-0.25, -0.2) is 0 Å². The monoisotopic (exact) mass is 250 g/mol. The van der Waals surface area contributed by atoms with E-state index < -0.39 is 5.60 Å². The molecule has 0 spiro atoms. The Morgan fingerprint density at radius 3 is 2.50 bits per heavy atom. The third kappa shape index (κ3) is 6.77. The fraction of sp³-hybridized carbons (Fsp3) is 0.625. The molecule has 1 atom stereocenters. The summed E-state index contributed by atoms with van der Waals surface area (Å²) in [5.41, 5.74) is 0.460. The average molecular weight is 250 g/mol. The SMILES string of the molecule is CCCCCCC(C)(O)COCc1ccccc1. The first-order valence-corrected chi connectivity index (χ1v) is 6.98. The van der Waals surface area contributed by atoms with Crippen LogP contribution in [-0.2, 0) is 11.3 Å². The first-order valence-electron chi connectivity index (χ1n) is 6.98. The topological polar surface area (TPSA) is 29.5 Å². The van der Waals surface area contributed by atoms with Crippen LogP contribution in [0.4, 0.5) is 0 Å². The molecule has 1 unspecified atom stereocenters. The minimum absolute atomic E-state index is 0.411. The zero-order valence-corrected chi connectivity index (χ0v) is 11.7. The second-order valence-electron chi connectivity index (χ2n) is 5.29. The molecule has 0 fully saturated rings. The smallest absolute Gasteiger partial charge is 0.0852 e. The molecule has 2 heteroatoms. The van der Waals surface area contributed by atoms with Crippen LogP contribution >= 0.6 is 0 Å². The van der Waals surface area contributed by atoms with E-state index in [9.17, 15) is 5.11 Å². The van der Waals surface area contributed by atoms with Crippen LogP contribution in [0.25, 0.3) is 0 Å². The minimum Gasteiger partial charge on any atom is -0.388 e. The Labute approximate surface area is 111 Å². The van der Waals surface area contributed by atoms with Crippen LogP contribution in [0.2, 0.25) is 0 Å². The highest BCUT2D eigenvalue weighted by atomic mass is 16.5. The first kappa shape index (κ1) is 15.2. The normalized spacial score (nSPS) is 14.4. The number of ether oxygens (including phenoxy) is 1. The highest BCUT2D eigenvalue weighted by molar-refractivity contribution is 5.13. The predicted molar refractivity (Wildman–Crippen MR) is 75.5 cm³/mol. The molecule has 1 rings (SSSR count). The summed E-state index contributed by atoms with van der Waals surface area (Å²) in [6.45, 7) is 5.05. The largest absolute Gasteiger partial charge is 0.388 e. The molecule has 0 amide bonds. The van der Waals surface area contributed by atoms with Crippen molar-refractivity contribution >= 4 is 0 Å². The highest BCUT2D eigenvalue weighted by Gasteiger charge is 2.19. The molecule has 0 aromatic heterocycles. The molecule has 0 heterocycles. The zero-order valence-electron chi connectivity index (χ0n) is 11.7. The summed E-state index contributed by atoms with van der Waals surface area (Å²) in [7, 11) is 0. The van der Waals surface area contributed by atoms with Gasteiger partial charge in [0.1, 0.15) is 0 Å². The van der Waals surface area contributed by atoms with Gasteiger partial charge in [0.15, 0.2) is 0 Å². The van der Waals surface area contributed by atoms with Crippen LogP contribution < -0.4 is 0 Å². The van der Waals surface area contributed by atoms with E-state index in [1.807, 2.05) is 37.3 Å². The molecule has 0 aliphatic rings. The van der Waals surface area contributed by atoms with Gasteiger partial charge >= 0.3 is 0 Å². The molecule has 1 N–H and O–H groups in total. The molecule has 18 heavy (non-hydrogen) atoms. The molecule has 1 aromatic carbocycles. The van der Waals surface area contributed by atoms with Crippen LogP contribution in [-0.4, -0.2) is 17.3 Å². The quantitative estimate of drug-likeness (QED) is 0.673. The van der Waals surface area contributed by atoms with Gasteiger partial charge in [-0.3, -0.25) is 0 Å². The van der Waals surface area contributed by atoms with E-state index in [4.69, 9.17) is 4.74 Å². The molecular weight excluding hydrogens is 224 g/mol. The Morgan fingerprint density at radius 2 is 1.83 bits per heavy atom. The average Bonchev–Trinajstić information content (AvgIpc) is 2.36. The number of hydrogen-bond donors (Lipinski definition) is 1. The maximum absolute atomic E-state index is 10.2. The maximum atomic E-state index is 10.2. The number of rotatable bonds is 9. The molecule has 1 aromatic rings. The third-order valence-corrected chi connectivity index (χ3v) is 3.09. The van der Waals surface area contributed by atoms with Crippen LogP contribution in [0.3, 0.4) is 0 Å². The van der Waals surface area contributed by atoms with Crippen molar-refractivity contribution in [1.82, 2.24) is 0 Å². The van der Waals surface area contributed by atoms with Crippen LogP contribution in [0, 0.1) is 0 Å². The van der Waals surface area contributed by atoms with E-state index >= 15 is 0 Å². The molecule has 2 nitrogen and oxygen atoms in total. The summed E-state index contributed by atoms with van der Waals surface area (Å²) >= 11 is 0. The summed E-state index contributed by atoms with van der Waals surface area (Å²) in [5.74, 6) is 0.